The molecule has 4 heterocycles. The normalized spacial score (nSPS) is 15.2. The van der Waals surface area contributed by atoms with Crippen LogP contribution in [-0.2, 0) is 6.54 Å². The highest BCUT2D eigenvalue weighted by atomic mass is 35.5. The maximum Gasteiger partial charge on any atom is 0.253 e. The first-order chi connectivity index (χ1) is 14.5. The number of nitrogens with zero attached hydrogens (tertiary/aromatic N) is 5. The Balaban J connectivity index is 1.23. The van der Waals surface area contributed by atoms with Gasteiger partial charge in [0.2, 0.25) is 0 Å². The maximum absolute atomic E-state index is 13.0. The molecule has 0 radical (unpaired) electrons. The molecule has 4 aromatic rings. The summed E-state index contributed by atoms with van der Waals surface area (Å²) in [6.07, 6.45) is 3.87. The third kappa shape index (κ3) is 3.86. The van der Waals surface area contributed by atoms with Crippen molar-refractivity contribution in [2.24, 2.45) is 0 Å². The molecule has 1 aliphatic heterocycles. The van der Waals surface area contributed by atoms with E-state index in [0.717, 1.165) is 41.9 Å². The SMILES string of the molecule is O=C(c1ccc2nc(Cl)ccc2c1)N1CCN(Cc2cn3cc(Cl)ccc3n2)CC1. The first-order valence-electron chi connectivity index (χ1n) is 9.76. The van der Waals surface area contributed by atoms with E-state index in [2.05, 4.69) is 14.9 Å². The Labute approximate surface area is 183 Å². The minimum Gasteiger partial charge on any atom is -0.336 e. The predicted molar refractivity (Wildman–Crippen MR) is 118 cm³/mol. The monoisotopic (exact) mass is 439 g/mol. The lowest BCUT2D eigenvalue weighted by molar-refractivity contribution is 0.0627. The molecule has 1 aromatic carbocycles. The van der Waals surface area contributed by atoms with Crippen LogP contribution in [0.2, 0.25) is 10.2 Å². The first-order valence-corrected chi connectivity index (χ1v) is 10.5. The number of piperazine rings is 1. The number of amides is 1. The second kappa shape index (κ2) is 7.87. The summed E-state index contributed by atoms with van der Waals surface area (Å²) in [5, 5.41) is 2.05. The van der Waals surface area contributed by atoms with Crippen LogP contribution in [0, 0.1) is 0 Å². The molecule has 5 rings (SSSR count). The zero-order valence-electron chi connectivity index (χ0n) is 16.1. The molecule has 0 atom stereocenters. The molecule has 0 unspecified atom stereocenters. The molecule has 1 saturated heterocycles. The zero-order valence-corrected chi connectivity index (χ0v) is 17.6. The molecule has 1 aliphatic rings. The summed E-state index contributed by atoms with van der Waals surface area (Å²) in [6.45, 7) is 3.75. The highest BCUT2D eigenvalue weighted by molar-refractivity contribution is 6.30. The number of carbonyl (C=O) groups is 1. The van der Waals surface area contributed by atoms with Crippen molar-refractivity contribution in [3.8, 4) is 0 Å². The summed E-state index contributed by atoms with van der Waals surface area (Å²) in [6, 6.07) is 12.9. The summed E-state index contributed by atoms with van der Waals surface area (Å²) >= 11 is 12.0. The van der Waals surface area contributed by atoms with Crippen molar-refractivity contribution in [3.05, 3.63) is 76.3 Å². The molecule has 3 aromatic heterocycles. The number of hydrogen-bond acceptors (Lipinski definition) is 4. The van der Waals surface area contributed by atoms with E-state index in [1.54, 1.807) is 6.07 Å². The van der Waals surface area contributed by atoms with Gasteiger partial charge < -0.3 is 9.30 Å². The number of hydrogen-bond donors (Lipinski definition) is 0. The standard InChI is InChI=1S/C22H19Cl2N5O/c23-17-3-6-21-25-18(14-29(21)12-17)13-27-7-9-28(10-8-27)22(30)16-1-4-19-15(11-16)2-5-20(24)26-19/h1-6,11-12,14H,7-10,13H2. The van der Waals surface area contributed by atoms with Crippen LogP contribution in [0.5, 0.6) is 0 Å². The minimum absolute atomic E-state index is 0.0499. The number of pyridine rings is 2. The van der Waals surface area contributed by atoms with Crippen molar-refractivity contribution in [2.45, 2.75) is 6.54 Å². The van der Waals surface area contributed by atoms with E-state index in [1.165, 1.54) is 0 Å². The van der Waals surface area contributed by atoms with Gasteiger partial charge in [-0.3, -0.25) is 9.69 Å². The molecule has 1 amide bonds. The van der Waals surface area contributed by atoms with Gasteiger partial charge in [-0.15, -0.1) is 0 Å². The number of rotatable bonds is 3. The topological polar surface area (TPSA) is 53.7 Å². The fraction of sp³-hybridized carbons (Fsp3) is 0.227. The number of carbonyl (C=O) groups excluding carboxylic acids is 1. The van der Waals surface area contributed by atoms with Crippen LogP contribution in [0.15, 0.2) is 54.9 Å². The Hall–Kier alpha value is -2.67. The van der Waals surface area contributed by atoms with Crippen LogP contribution in [0.1, 0.15) is 16.1 Å². The number of halogens is 2. The molecule has 1 fully saturated rings. The highest BCUT2D eigenvalue weighted by Crippen LogP contribution is 2.19. The van der Waals surface area contributed by atoms with Crippen LogP contribution >= 0.6 is 23.2 Å². The average molecular weight is 440 g/mol. The number of imidazole rings is 1. The van der Waals surface area contributed by atoms with Gasteiger partial charge in [-0.05, 0) is 42.5 Å². The smallest absolute Gasteiger partial charge is 0.253 e. The Morgan fingerprint density at radius 2 is 1.77 bits per heavy atom. The van der Waals surface area contributed by atoms with E-state index in [-0.39, 0.29) is 5.91 Å². The number of aromatic nitrogens is 3. The summed E-state index contributed by atoms with van der Waals surface area (Å²) in [5.41, 5.74) is 3.35. The van der Waals surface area contributed by atoms with Crippen LogP contribution in [0.4, 0.5) is 0 Å². The van der Waals surface area contributed by atoms with Crippen molar-refractivity contribution in [3.63, 3.8) is 0 Å². The van der Waals surface area contributed by atoms with E-state index < -0.39 is 0 Å². The van der Waals surface area contributed by atoms with Crippen LogP contribution in [0.25, 0.3) is 16.6 Å². The Bertz CT molecular complexity index is 1250. The predicted octanol–water partition coefficient (Wildman–Crippen LogP) is 4.15. The average Bonchev–Trinajstić information content (AvgIpc) is 3.14. The summed E-state index contributed by atoms with van der Waals surface area (Å²) in [7, 11) is 0. The van der Waals surface area contributed by atoms with Gasteiger partial charge in [-0.25, -0.2) is 9.97 Å². The van der Waals surface area contributed by atoms with E-state index in [0.29, 0.717) is 28.8 Å². The second-order valence-corrected chi connectivity index (χ2v) is 8.28. The van der Waals surface area contributed by atoms with E-state index in [1.807, 2.05) is 58.1 Å². The first kappa shape index (κ1) is 19.3. The van der Waals surface area contributed by atoms with Gasteiger partial charge in [0.25, 0.3) is 5.91 Å². The van der Waals surface area contributed by atoms with E-state index >= 15 is 0 Å². The molecule has 0 aliphatic carbocycles. The number of benzene rings is 1. The van der Waals surface area contributed by atoms with Gasteiger partial charge >= 0.3 is 0 Å². The van der Waals surface area contributed by atoms with Gasteiger partial charge in [-0.1, -0.05) is 23.2 Å². The molecule has 0 saturated carbocycles. The van der Waals surface area contributed by atoms with Crippen molar-refractivity contribution in [1.82, 2.24) is 24.2 Å². The van der Waals surface area contributed by atoms with Crippen molar-refractivity contribution < 1.29 is 4.79 Å². The third-order valence-corrected chi connectivity index (χ3v) is 5.85. The van der Waals surface area contributed by atoms with Crippen molar-refractivity contribution in [1.29, 1.82) is 0 Å². The van der Waals surface area contributed by atoms with Gasteiger partial charge in [0.1, 0.15) is 10.8 Å². The van der Waals surface area contributed by atoms with Gasteiger partial charge in [0.05, 0.1) is 16.2 Å². The summed E-state index contributed by atoms with van der Waals surface area (Å²) in [5.74, 6) is 0.0499. The van der Waals surface area contributed by atoms with Crippen molar-refractivity contribution in [2.75, 3.05) is 26.2 Å². The Morgan fingerprint density at radius 3 is 2.60 bits per heavy atom. The maximum atomic E-state index is 13.0. The molecule has 8 heteroatoms. The molecule has 6 nitrogen and oxygen atoms in total. The highest BCUT2D eigenvalue weighted by Gasteiger charge is 2.23. The molecule has 0 spiro atoms. The molecular weight excluding hydrogens is 421 g/mol. The van der Waals surface area contributed by atoms with E-state index in [9.17, 15) is 4.79 Å². The van der Waals surface area contributed by atoms with Crippen LogP contribution < -0.4 is 0 Å². The Morgan fingerprint density at radius 1 is 0.933 bits per heavy atom. The van der Waals surface area contributed by atoms with Gasteiger partial charge in [0, 0.05) is 56.1 Å². The lowest BCUT2D eigenvalue weighted by Crippen LogP contribution is -2.48. The van der Waals surface area contributed by atoms with Gasteiger partial charge in [-0.2, -0.15) is 0 Å². The molecule has 0 bridgehead atoms. The van der Waals surface area contributed by atoms with Crippen molar-refractivity contribution >= 4 is 45.7 Å². The summed E-state index contributed by atoms with van der Waals surface area (Å²) in [4.78, 5) is 26.1. The fourth-order valence-electron chi connectivity index (χ4n) is 3.85. The lowest BCUT2D eigenvalue weighted by atomic mass is 10.1. The lowest BCUT2D eigenvalue weighted by Gasteiger charge is -2.34. The molecule has 30 heavy (non-hydrogen) atoms. The molecular formula is C22H19Cl2N5O. The van der Waals surface area contributed by atoms with Crippen LogP contribution in [0.3, 0.4) is 0 Å². The third-order valence-electron chi connectivity index (χ3n) is 5.41. The fourth-order valence-corrected chi connectivity index (χ4v) is 4.17. The quantitative estimate of drug-likeness (QED) is 0.450. The minimum atomic E-state index is 0.0499. The number of fused-ring (bicyclic) bond motifs is 2. The van der Waals surface area contributed by atoms with Crippen LogP contribution in [-0.4, -0.2) is 56.3 Å². The second-order valence-electron chi connectivity index (χ2n) is 7.45. The summed E-state index contributed by atoms with van der Waals surface area (Å²) < 4.78 is 1.94. The zero-order chi connectivity index (χ0) is 20.7. The molecule has 0 N–H and O–H groups in total. The molecule has 152 valence electrons. The Kier molecular flexibility index (Phi) is 5.06. The largest absolute Gasteiger partial charge is 0.336 e. The van der Waals surface area contributed by atoms with E-state index in [4.69, 9.17) is 23.2 Å². The van der Waals surface area contributed by atoms with Gasteiger partial charge in [0.15, 0.2) is 0 Å².